The minimum absolute atomic E-state index is 0.0145. The van der Waals surface area contributed by atoms with Gasteiger partial charge in [-0.05, 0) is 55.6 Å². The van der Waals surface area contributed by atoms with Gasteiger partial charge >= 0.3 is 0 Å². The summed E-state index contributed by atoms with van der Waals surface area (Å²) in [4.78, 5) is 0. The van der Waals surface area contributed by atoms with Crippen LogP contribution in [0.1, 0.15) is 49.2 Å². The molecule has 0 saturated heterocycles. The number of hydrogen-bond donors (Lipinski definition) is 4. The Bertz CT molecular complexity index is 685. The van der Waals surface area contributed by atoms with Gasteiger partial charge in [-0.25, -0.2) is 0 Å². The lowest BCUT2D eigenvalue weighted by Crippen LogP contribution is -2.21. The molecule has 5 N–H and O–H groups in total. The van der Waals surface area contributed by atoms with Gasteiger partial charge in [0.25, 0.3) is 0 Å². The molecule has 0 amide bonds. The number of aliphatic hydroxyl groups excluding tert-OH is 2. The molecular formula is C22H33NO5. The number of aryl methyl sites for hydroxylation is 3. The Hall–Kier alpha value is -2.02. The first-order valence-electron chi connectivity index (χ1n) is 10.1. The lowest BCUT2D eigenvalue weighted by atomic mass is 10.1. The van der Waals surface area contributed by atoms with E-state index in [4.69, 9.17) is 20.0 Å². The van der Waals surface area contributed by atoms with Crippen LogP contribution in [-0.2, 0) is 19.3 Å². The van der Waals surface area contributed by atoms with Gasteiger partial charge in [0.15, 0.2) is 11.5 Å². The molecule has 2 aromatic rings. The summed E-state index contributed by atoms with van der Waals surface area (Å²) in [5.41, 5.74) is 6.51. The fourth-order valence-electron chi connectivity index (χ4n) is 3.00. The van der Waals surface area contributed by atoms with E-state index in [1.165, 1.54) is 19.3 Å². The molecule has 1 heterocycles. The second kappa shape index (κ2) is 12.4. The van der Waals surface area contributed by atoms with Crippen molar-refractivity contribution in [3.63, 3.8) is 0 Å². The molecule has 0 radical (unpaired) electrons. The fraction of sp³-hybridized carbons (Fsp3) is 0.545. The molecule has 6 nitrogen and oxygen atoms in total. The van der Waals surface area contributed by atoms with Gasteiger partial charge in [-0.3, -0.25) is 0 Å². The van der Waals surface area contributed by atoms with E-state index in [1.807, 2.05) is 12.1 Å². The zero-order valence-corrected chi connectivity index (χ0v) is 16.5. The van der Waals surface area contributed by atoms with E-state index in [0.717, 1.165) is 55.7 Å². The Balaban J connectivity index is 1.77. The Morgan fingerprint density at radius 1 is 0.929 bits per heavy atom. The second-order valence-corrected chi connectivity index (χ2v) is 7.12. The SMILES string of the molecule is NCCCCCCCc1ccc(CCc2ccc(O)c(OCC(O)CO)c2)o1. The predicted molar refractivity (Wildman–Crippen MR) is 109 cm³/mol. The molecular weight excluding hydrogens is 358 g/mol. The fourth-order valence-corrected chi connectivity index (χ4v) is 3.00. The van der Waals surface area contributed by atoms with Crippen molar-refractivity contribution in [3.8, 4) is 11.5 Å². The highest BCUT2D eigenvalue weighted by Crippen LogP contribution is 2.27. The molecule has 0 aliphatic rings. The predicted octanol–water partition coefficient (Wildman–Crippen LogP) is 2.95. The normalized spacial score (nSPS) is 12.2. The maximum atomic E-state index is 9.87. The smallest absolute Gasteiger partial charge is 0.161 e. The average Bonchev–Trinajstić information content (AvgIpc) is 3.16. The van der Waals surface area contributed by atoms with E-state index in [1.54, 1.807) is 12.1 Å². The molecule has 0 fully saturated rings. The molecule has 1 atom stereocenters. The van der Waals surface area contributed by atoms with Crippen molar-refractivity contribution in [2.45, 2.75) is 57.5 Å². The second-order valence-electron chi connectivity index (χ2n) is 7.12. The lowest BCUT2D eigenvalue weighted by molar-refractivity contribution is 0.0527. The minimum Gasteiger partial charge on any atom is -0.504 e. The van der Waals surface area contributed by atoms with Crippen LogP contribution in [0.15, 0.2) is 34.7 Å². The first kappa shape index (κ1) is 22.3. The van der Waals surface area contributed by atoms with Gasteiger partial charge in [0, 0.05) is 12.8 Å². The van der Waals surface area contributed by atoms with E-state index < -0.39 is 6.10 Å². The van der Waals surface area contributed by atoms with Crippen LogP contribution in [0.3, 0.4) is 0 Å². The van der Waals surface area contributed by atoms with Crippen LogP contribution >= 0.6 is 0 Å². The summed E-state index contributed by atoms with van der Waals surface area (Å²) in [7, 11) is 0. The van der Waals surface area contributed by atoms with Gasteiger partial charge in [-0.2, -0.15) is 0 Å². The summed E-state index contributed by atoms with van der Waals surface area (Å²) >= 11 is 0. The van der Waals surface area contributed by atoms with Crippen LogP contribution in [-0.4, -0.2) is 41.2 Å². The number of aliphatic hydroxyl groups is 2. The molecule has 0 aliphatic heterocycles. The Morgan fingerprint density at radius 2 is 1.64 bits per heavy atom. The Labute approximate surface area is 166 Å². The van der Waals surface area contributed by atoms with Crippen molar-refractivity contribution in [1.82, 2.24) is 0 Å². The van der Waals surface area contributed by atoms with Crippen molar-refractivity contribution in [2.75, 3.05) is 19.8 Å². The molecule has 0 aliphatic carbocycles. The number of furan rings is 1. The first-order valence-corrected chi connectivity index (χ1v) is 10.1. The zero-order valence-electron chi connectivity index (χ0n) is 16.5. The molecule has 28 heavy (non-hydrogen) atoms. The van der Waals surface area contributed by atoms with Crippen LogP contribution in [0.5, 0.6) is 11.5 Å². The van der Waals surface area contributed by atoms with Crippen LogP contribution in [0.4, 0.5) is 0 Å². The number of unbranched alkanes of at least 4 members (excludes halogenated alkanes) is 4. The molecule has 1 aromatic heterocycles. The van der Waals surface area contributed by atoms with Crippen LogP contribution < -0.4 is 10.5 Å². The molecule has 156 valence electrons. The maximum absolute atomic E-state index is 9.87. The van der Waals surface area contributed by atoms with Gasteiger partial charge in [-0.15, -0.1) is 0 Å². The summed E-state index contributed by atoms with van der Waals surface area (Å²) < 4.78 is 11.3. The molecule has 0 bridgehead atoms. The number of aromatic hydroxyl groups is 1. The number of phenolic OH excluding ortho intramolecular Hbond substituents is 1. The van der Waals surface area contributed by atoms with Gasteiger partial charge in [-0.1, -0.05) is 25.3 Å². The van der Waals surface area contributed by atoms with Crippen LogP contribution in [0.2, 0.25) is 0 Å². The zero-order chi connectivity index (χ0) is 20.2. The van der Waals surface area contributed by atoms with E-state index in [-0.39, 0.29) is 19.0 Å². The number of hydrogen-bond acceptors (Lipinski definition) is 6. The standard InChI is InChI=1S/C22H33NO5/c23-13-5-3-1-2-4-6-19-10-11-20(28-19)9-7-17-8-12-21(26)22(14-17)27-16-18(25)15-24/h8,10-12,14,18,24-26H,1-7,9,13,15-16,23H2. The number of ether oxygens (including phenoxy) is 1. The minimum atomic E-state index is -0.967. The van der Waals surface area contributed by atoms with Crippen molar-refractivity contribution in [3.05, 3.63) is 47.4 Å². The van der Waals surface area contributed by atoms with E-state index >= 15 is 0 Å². The lowest BCUT2D eigenvalue weighted by Gasteiger charge is -2.12. The van der Waals surface area contributed by atoms with Gasteiger partial charge < -0.3 is 30.2 Å². The van der Waals surface area contributed by atoms with E-state index in [0.29, 0.717) is 5.75 Å². The van der Waals surface area contributed by atoms with Crippen molar-refractivity contribution in [1.29, 1.82) is 0 Å². The quantitative estimate of drug-likeness (QED) is 0.369. The van der Waals surface area contributed by atoms with Gasteiger partial charge in [0.2, 0.25) is 0 Å². The largest absolute Gasteiger partial charge is 0.504 e. The van der Waals surface area contributed by atoms with Crippen LogP contribution in [0.25, 0.3) is 0 Å². The molecule has 0 saturated carbocycles. The number of nitrogens with two attached hydrogens (primary N) is 1. The van der Waals surface area contributed by atoms with Crippen molar-refractivity contribution in [2.24, 2.45) is 5.73 Å². The monoisotopic (exact) mass is 391 g/mol. The Kier molecular flexibility index (Phi) is 9.90. The third kappa shape index (κ3) is 7.92. The Morgan fingerprint density at radius 3 is 2.39 bits per heavy atom. The highest BCUT2D eigenvalue weighted by atomic mass is 16.5. The topological polar surface area (TPSA) is 109 Å². The van der Waals surface area contributed by atoms with E-state index in [9.17, 15) is 10.2 Å². The number of rotatable bonds is 14. The summed E-state index contributed by atoms with van der Waals surface area (Å²) in [6, 6.07) is 9.25. The molecule has 6 heteroatoms. The average molecular weight is 392 g/mol. The highest BCUT2D eigenvalue weighted by Gasteiger charge is 2.09. The highest BCUT2D eigenvalue weighted by molar-refractivity contribution is 5.42. The van der Waals surface area contributed by atoms with Gasteiger partial charge in [0.05, 0.1) is 6.61 Å². The summed E-state index contributed by atoms with van der Waals surface area (Å²) in [5, 5.41) is 28.1. The van der Waals surface area contributed by atoms with Crippen LogP contribution in [0, 0.1) is 0 Å². The van der Waals surface area contributed by atoms with Crippen molar-refractivity contribution < 1.29 is 24.5 Å². The molecule has 1 unspecified atom stereocenters. The summed E-state index contributed by atoms with van der Waals surface area (Å²) in [5.74, 6) is 2.30. The number of benzene rings is 1. The summed E-state index contributed by atoms with van der Waals surface area (Å²) in [6.07, 6.45) is 7.40. The van der Waals surface area contributed by atoms with Gasteiger partial charge in [0.1, 0.15) is 24.2 Å². The summed E-state index contributed by atoms with van der Waals surface area (Å²) in [6.45, 7) is 0.330. The molecule has 0 spiro atoms. The first-order chi connectivity index (χ1) is 13.6. The maximum Gasteiger partial charge on any atom is 0.161 e. The van der Waals surface area contributed by atoms with Crippen molar-refractivity contribution >= 4 is 0 Å². The van der Waals surface area contributed by atoms with E-state index in [2.05, 4.69) is 6.07 Å². The third-order valence-corrected chi connectivity index (χ3v) is 4.67. The number of phenols is 1. The third-order valence-electron chi connectivity index (χ3n) is 4.67. The molecule has 2 rings (SSSR count). The molecule has 1 aromatic carbocycles.